The van der Waals surface area contributed by atoms with E-state index in [1.54, 1.807) is 0 Å². The number of carbonyl (C=O) groups excluding carboxylic acids is 1. The second-order valence-corrected chi connectivity index (χ2v) is 6.89. The number of hydrogen-bond donors (Lipinski definition) is 3. The third-order valence-electron chi connectivity index (χ3n) is 4.68. The summed E-state index contributed by atoms with van der Waals surface area (Å²) < 4.78 is 11.5. The van der Waals surface area contributed by atoms with Gasteiger partial charge in [-0.1, -0.05) is 19.1 Å². The van der Waals surface area contributed by atoms with Crippen molar-refractivity contribution in [2.24, 2.45) is 5.92 Å². The highest BCUT2D eigenvalue weighted by atomic mass is 16.6. The quantitative estimate of drug-likeness (QED) is 0.383. The molecular weight excluding hydrogens is 392 g/mol. The predicted molar refractivity (Wildman–Crippen MR) is 107 cm³/mol. The van der Waals surface area contributed by atoms with Gasteiger partial charge in [0, 0.05) is 6.20 Å². The maximum atomic E-state index is 12.3. The van der Waals surface area contributed by atoms with Crippen molar-refractivity contribution in [3.05, 3.63) is 34.9 Å². The third-order valence-corrected chi connectivity index (χ3v) is 4.68. The first-order chi connectivity index (χ1) is 14.5. The van der Waals surface area contributed by atoms with E-state index in [1.165, 1.54) is 12.3 Å². The van der Waals surface area contributed by atoms with Crippen LogP contribution in [-0.4, -0.2) is 51.3 Å². The molecule has 10 nitrogen and oxygen atoms in total. The summed E-state index contributed by atoms with van der Waals surface area (Å²) >= 11 is 0. The highest BCUT2D eigenvalue weighted by molar-refractivity contribution is 5.83. The summed E-state index contributed by atoms with van der Waals surface area (Å²) in [6.07, 6.45) is 6.31. The number of amides is 1. The number of aliphatic hydroxyl groups excluding tert-OH is 2. The molecule has 0 aromatic carbocycles. The minimum Gasteiger partial charge on any atom is -0.449 e. The third kappa shape index (κ3) is 6.38. The smallest absolute Gasteiger partial charge is 0.412 e. The molecule has 1 amide bonds. The van der Waals surface area contributed by atoms with Crippen LogP contribution in [0.15, 0.2) is 29.2 Å². The van der Waals surface area contributed by atoms with Crippen molar-refractivity contribution in [2.45, 2.75) is 57.5 Å². The van der Waals surface area contributed by atoms with Crippen LogP contribution in [0.3, 0.4) is 0 Å². The number of nitriles is 1. The first-order valence-electron chi connectivity index (χ1n) is 10.0. The molecule has 1 saturated heterocycles. The van der Waals surface area contributed by atoms with E-state index in [-0.39, 0.29) is 12.4 Å². The summed E-state index contributed by atoms with van der Waals surface area (Å²) in [6, 6.07) is 3.24. The van der Waals surface area contributed by atoms with Crippen molar-refractivity contribution in [3.8, 4) is 6.07 Å². The molecule has 3 N–H and O–H groups in total. The van der Waals surface area contributed by atoms with E-state index in [9.17, 15) is 25.1 Å². The van der Waals surface area contributed by atoms with E-state index in [1.807, 2.05) is 6.07 Å². The molecule has 0 bridgehead atoms. The fraction of sp³-hybridized carbons (Fsp3) is 0.600. The fourth-order valence-corrected chi connectivity index (χ4v) is 3.08. The Morgan fingerprint density at radius 2 is 2.23 bits per heavy atom. The van der Waals surface area contributed by atoms with Crippen LogP contribution in [0.5, 0.6) is 0 Å². The molecule has 0 radical (unpaired) electrons. The summed E-state index contributed by atoms with van der Waals surface area (Å²) in [5.74, 6) is -1.04. The number of unbranched alkanes of at least 4 members (excludes halogenated alkanes) is 3. The number of aliphatic hydroxyl groups is 2. The number of nitrogens with zero attached hydrogens (tertiary/aromatic N) is 3. The lowest BCUT2D eigenvalue weighted by Gasteiger charge is -2.16. The molecule has 0 unspecified atom stereocenters. The summed E-state index contributed by atoms with van der Waals surface area (Å²) in [5, 5.41) is 30.8. The van der Waals surface area contributed by atoms with Crippen LogP contribution in [0.4, 0.5) is 10.6 Å². The Labute approximate surface area is 174 Å². The monoisotopic (exact) mass is 420 g/mol. The number of carbonyl (C=O) groups is 1. The van der Waals surface area contributed by atoms with Crippen LogP contribution in [0.25, 0.3) is 0 Å². The van der Waals surface area contributed by atoms with Crippen molar-refractivity contribution >= 4 is 11.9 Å². The van der Waals surface area contributed by atoms with Gasteiger partial charge in [-0.15, -0.1) is 0 Å². The molecule has 1 aliphatic heterocycles. The molecule has 1 fully saturated rings. The highest BCUT2D eigenvalue weighted by Crippen LogP contribution is 2.33. The van der Waals surface area contributed by atoms with E-state index in [2.05, 4.69) is 29.4 Å². The summed E-state index contributed by atoms with van der Waals surface area (Å²) in [4.78, 5) is 27.9. The Morgan fingerprint density at radius 3 is 2.90 bits per heavy atom. The van der Waals surface area contributed by atoms with Crippen molar-refractivity contribution in [3.63, 3.8) is 0 Å². The van der Waals surface area contributed by atoms with Gasteiger partial charge in [-0.05, 0) is 38.2 Å². The van der Waals surface area contributed by atoms with E-state index in [4.69, 9.17) is 9.47 Å². The maximum Gasteiger partial charge on any atom is 0.412 e. The Hall–Kier alpha value is -2.74. The molecule has 1 aliphatic rings. The van der Waals surface area contributed by atoms with E-state index < -0.39 is 42.7 Å². The zero-order chi connectivity index (χ0) is 21.9. The second-order valence-electron chi connectivity index (χ2n) is 6.89. The lowest BCUT2D eigenvalue weighted by atomic mass is 10.0. The van der Waals surface area contributed by atoms with Crippen LogP contribution < -0.4 is 11.0 Å². The average molecular weight is 420 g/mol. The van der Waals surface area contributed by atoms with Crippen LogP contribution in [0.2, 0.25) is 0 Å². The Morgan fingerprint density at radius 1 is 1.43 bits per heavy atom. The molecule has 10 heteroatoms. The Kier molecular flexibility index (Phi) is 9.47. The molecule has 1 aromatic heterocycles. The number of rotatable bonds is 10. The Bertz CT molecular complexity index is 818. The van der Waals surface area contributed by atoms with Crippen molar-refractivity contribution in [2.75, 3.05) is 18.5 Å². The lowest BCUT2D eigenvalue weighted by Crippen LogP contribution is -2.32. The standard InChI is InChI=1S/C20H28N4O6/c1-2-3-4-5-6-7-8-11-29-20(28)23-16-9-10-24(19(27)22-16)18-14(12-21)17(26)15(13-25)30-18/h3-4,9-10,14-15,17-18,25-26H,2,5-8,11,13H2,1H3,(H,22,23,27,28)/b4-3+/t14-,15+,17-,18+/m0/s1. The van der Waals surface area contributed by atoms with Crippen LogP contribution in [0.1, 0.15) is 45.3 Å². The molecule has 4 atom stereocenters. The minimum absolute atomic E-state index is 0.00304. The molecular formula is C20H28N4O6. The van der Waals surface area contributed by atoms with Gasteiger partial charge in [0.1, 0.15) is 23.9 Å². The van der Waals surface area contributed by atoms with Gasteiger partial charge in [-0.3, -0.25) is 9.88 Å². The van der Waals surface area contributed by atoms with Crippen LogP contribution >= 0.6 is 0 Å². The number of hydrogen-bond acceptors (Lipinski definition) is 8. The molecule has 2 rings (SSSR count). The van der Waals surface area contributed by atoms with Gasteiger partial charge in [0.05, 0.1) is 19.3 Å². The summed E-state index contributed by atoms with van der Waals surface area (Å²) in [6.45, 7) is 1.86. The number of ether oxygens (including phenoxy) is 2. The van der Waals surface area contributed by atoms with Crippen molar-refractivity contribution in [1.29, 1.82) is 5.26 Å². The van der Waals surface area contributed by atoms with Gasteiger partial charge in [0.2, 0.25) is 0 Å². The maximum absolute atomic E-state index is 12.3. The number of allylic oxidation sites excluding steroid dienone is 2. The van der Waals surface area contributed by atoms with Gasteiger partial charge in [0.25, 0.3) is 0 Å². The van der Waals surface area contributed by atoms with Gasteiger partial charge in [-0.2, -0.15) is 10.2 Å². The zero-order valence-corrected chi connectivity index (χ0v) is 16.9. The van der Waals surface area contributed by atoms with Crippen molar-refractivity contribution in [1.82, 2.24) is 9.55 Å². The SMILES string of the molecule is CC/C=C/CCCCCOC(=O)Nc1ccn([C@@H]2O[C@H](CO)[C@@H](O)[C@@H]2C#N)c(=O)n1. The summed E-state index contributed by atoms with van der Waals surface area (Å²) in [7, 11) is 0. The average Bonchev–Trinajstić information content (AvgIpc) is 3.05. The minimum atomic E-state index is -1.23. The predicted octanol–water partition coefficient (Wildman–Crippen LogP) is 1.71. The molecule has 0 saturated carbocycles. The van der Waals surface area contributed by atoms with E-state index >= 15 is 0 Å². The van der Waals surface area contributed by atoms with Gasteiger partial charge >= 0.3 is 11.8 Å². The topological polar surface area (TPSA) is 147 Å². The zero-order valence-electron chi connectivity index (χ0n) is 16.9. The number of nitrogens with one attached hydrogen (secondary N) is 1. The fourth-order valence-electron chi connectivity index (χ4n) is 3.08. The van der Waals surface area contributed by atoms with E-state index in [0.29, 0.717) is 0 Å². The van der Waals surface area contributed by atoms with E-state index in [0.717, 1.165) is 36.7 Å². The molecule has 164 valence electrons. The normalized spacial score (nSPS) is 23.4. The first kappa shape index (κ1) is 23.5. The number of aromatic nitrogens is 2. The first-order valence-corrected chi connectivity index (χ1v) is 10.0. The molecule has 2 heterocycles. The van der Waals surface area contributed by atoms with Crippen LogP contribution in [0, 0.1) is 17.2 Å². The highest BCUT2D eigenvalue weighted by Gasteiger charge is 2.45. The lowest BCUT2D eigenvalue weighted by molar-refractivity contribution is -0.0469. The largest absolute Gasteiger partial charge is 0.449 e. The number of anilines is 1. The van der Waals surface area contributed by atoms with Crippen molar-refractivity contribution < 1.29 is 24.5 Å². The van der Waals surface area contributed by atoms with Gasteiger partial charge in [0.15, 0.2) is 6.23 Å². The van der Waals surface area contributed by atoms with Gasteiger partial charge in [-0.25, -0.2) is 9.59 Å². The van der Waals surface area contributed by atoms with Crippen LogP contribution in [-0.2, 0) is 9.47 Å². The second kappa shape index (κ2) is 12.1. The molecule has 0 aliphatic carbocycles. The Balaban J connectivity index is 1.84. The molecule has 1 aromatic rings. The summed E-state index contributed by atoms with van der Waals surface area (Å²) in [5.41, 5.74) is -0.774. The molecule has 30 heavy (non-hydrogen) atoms. The van der Waals surface area contributed by atoms with Gasteiger partial charge < -0.3 is 19.7 Å². The molecule has 0 spiro atoms.